The molecule has 1 aromatic carbocycles. The first-order valence-corrected chi connectivity index (χ1v) is 7.55. The van der Waals surface area contributed by atoms with Gasteiger partial charge in [0.2, 0.25) is 5.79 Å². The number of benzene rings is 1. The van der Waals surface area contributed by atoms with Crippen molar-refractivity contribution in [3.63, 3.8) is 0 Å². The molecule has 3 nitrogen and oxygen atoms in total. The molecule has 0 bridgehead atoms. The van der Waals surface area contributed by atoms with E-state index in [1.165, 1.54) is 24.8 Å². The summed E-state index contributed by atoms with van der Waals surface area (Å²) in [6.07, 6.45) is 8.60. The standard InChI is InChI=1S/C17H24O3/c1-17(2)19-15-11-10-14(13-16(15)20-17)9-7-5-3-4-6-8-12-18/h10-13H,3-9H2,1-2H3. The smallest absolute Gasteiger partial charge is 0.246 e. The molecule has 3 heteroatoms. The van der Waals surface area contributed by atoms with Crippen LogP contribution in [0.5, 0.6) is 11.5 Å². The second kappa shape index (κ2) is 6.78. The molecule has 0 saturated carbocycles. The first-order chi connectivity index (χ1) is 9.61. The van der Waals surface area contributed by atoms with E-state index in [0.717, 1.165) is 37.0 Å². The minimum Gasteiger partial charge on any atom is -0.449 e. The summed E-state index contributed by atoms with van der Waals surface area (Å²) in [5.74, 6) is 1.16. The number of carbonyl (C=O) groups excluding carboxylic acids is 1. The fourth-order valence-electron chi connectivity index (χ4n) is 2.51. The monoisotopic (exact) mass is 276 g/mol. The van der Waals surface area contributed by atoms with Crippen molar-refractivity contribution in [2.45, 2.75) is 64.6 Å². The third-order valence-electron chi connectivity index (χ3n) is 3.51. The van der Waals surface area contributed by atoms with Gasteiger partial charge in [0.15, 0.2) is 11.5 Å². The van der Waals surface area contributed by atoms with E-state index >= 15 is 0 Å². The van der Waals surface area contributed by atoms with Crippen LogP contribution in [-0.2, 0) is 11.2 Å². The highest BCUT2D eigenvalue weighted by Crippen LogP contribution is 2.39. The highest BCUT2D eigenvalue weighted by molar-refractivity contribution is 5.48. The highest BCUT2D eigenvalue weighted by atomic mass is 16.7. The van der Waals surface area contributed by atoms with Gasteiger partial charge in [-0.2, -0.15) is 0 Å². The van der Waals surface area contributed by atoms with Crippen LogP contribution >= 0.6 is 0 Å². The van der Waals surface area contributed by atoms with E-state index in [0.29, 0.717) is 6.42 Å². The largest absolute Gasteiger partial charge is 0.449 e. The number of aryl methyl sites for hydroxylation is 1. The molecular formula is C17H24O3. The molecule has 20 heavy (non-hydrogen) atoms. The lowest BCUT2D eigenvalue weighted by molar-refractivity contribution is -0.107. The zero-order chi connectivity index (χ0) is 14.4. The van der Waals surface area contributed by atoms with E-state index in [9.17, 15) is 4.79 Å². The summed E-state index contributed by atoms with van der Waals surface area (Å²) in [7, 11) is 0. The van der Waals surface area contributed by atoms with Gasteiger partial charge in [-0.25, -0.2) is 0 Å². The van der Waals surface area contributed by atoms with Crippen molar-refractivity contribution in [2.24, 2.45) is 0 Å². The van der Waals surface area contributed by atoms with E-state index in [4.69, 9.17) is 9.47 Å². The van der Waals surface area contributed by atoms with Crippen LogP contribution in [0.3, 0.4) is 0 Å². The van der Waals surface area contributed by atoms with Crippen LogP contribution in [0.15, 0.2) is 18.2 Å². The molecule has 1 aromatic rings. The van der Waals surface area contributed by atoms with Crippen molar-refractivity contribution < 1.29 is 14.3 Å². The van der Waals surface area contributed by atoms with Gasteiger partial charge < -0.3 is 14.3 Å². The van der Waals surface area contributed by atoms with Crippen LogP contribution in [0.25, 0.3) is 0 Å². The molecule has 1 aliphatic heterocycles. The van der Waals surface area contributed by atoms with Crippen LogP contribution in [-0.4, -0.2) is 12.1 Å². The molecule has 0 aromatic heterocycles. The van der Waals surface area contributed by atoms with Crippen LogP contribution in [0.4, 0.5) is 0 Å². The molecule has 0 unspecified atom stereocenters. The van der Waals surface area contributed by atoms with Crippen LogP contribution in [0.2, 0.25) is 0 Å². The molecule has 1 heterocycles. The SMILES string of the molecule is CC1(C)Oc2ccc(CCCCCCCC=O)cc2O1. The molecule has 0 aliphatic carbocycles. The van der Waals surface area contributed by atoms with Crippen LogP contribution in [0.1, 0.15) is 57.9 Å². The molecule has 0 spiro atoms. The number of hydrogen-bond donors (Lipinski definition) is 0. The fourth-order valence-corrected chi connectivity index (χ4v) is 2.51. The van der Waals surface area contributed by atoms with Crippen LogP contribution in [0, 0.1) is 0 Å². The van der Waals surface area contributed by atoms with Gasteiger partial charge in [-0.1, -0.05) is 25.3 Å². The third kappa shape index (κ3) is 4.26. The predicted octanol–water partition coefficient (Wildman–Crippen LogP) is 4.28. The summed E-state index contributed by atoms with van der Waals surface area (Å²) in [5.41, 5.74) is 1.30. The summed E-state index contributed by atoms with van der Waals surface area (Å²) in [6.45, 7) is 3.85. The number of unbranched alkanes of at least 4 members (excludes halogenated alkanes) is 5. The van der Waals surface area contributed by atoms with Gasteiger partial charge in [0, 0.05) is 20.3 Å². The molecule has 0 atom stereocenters. The van der Waals surface area contributed by atoms with Gasteiger partial charge >= 0.3 is 0 Å². The zero-order valence-electron chi connectivity index (χ0n) is 12.5. The van der Waals surface area contributed by atoms with Gasteiger partial charge in [0.1, 0.15) is 6.29 Å². The first kappa shape index (κ1) is 14.9. The Morgan fingerprint density at radius 1 is 1.00 bits per heavy atom. The third-order valence-corrected chi connectivity index (χ3v) is 3.51. The van der Waals surface area contributed by atoms with Crippen molar-refractivity contribution in [1.82, 2.24) is 0 Å². The second-order valence-corrected chi connectivity index (χ2v) is 5.86. The summed E-state index contributed by atoms with van der Waals surface area (Å²) < 4.78 is 11.4. The summed E-state index contributed by atoms with van der Waals surface area (Å²) in [5, 5.41) is 0. The van der Waals surface area contributed by atoms with E-state index in [1.807, 2.05) is 19.9 Å². The Morgan fingerprint density at radius 3 is 2.50 bits per heavy atom. The average molecular weight is 276 g/mol. The fraction of sp³-hybridized carbons (Fsp3) is 0.588. The maximum Gasteiger partial charge on any atom is 0.246 e. The maximum absolute atomic E-state index is 10.2. The van der Waals surface area contributed by atoms with Crippen molar-refractivity contribution >= 4 is 6.29 Å². The number of hydrogen-bond acceptors (Lipinski definition) is 3. The van der Waals surface area contributed by atoms with Crippen molar-refractivity contribution in [1.29, 1.82) is 0 Å². The molecule has 2 rings (SSSR count). The first-order valence-electron chi connectivity index (χ1n) is 7.55. The lowest BCUT2D eigenvalue weighted by Crippen LogP contribution is -2.29. The van der Waals surface area contributed by atoms with E-state index in [2.05, 4.69) is 12.1 Å². The molecule has 110 valence electrons. The van der Waals surface area contributed by atoms with Gasteiger partial charge in [-0.15, -0.1) is 0 Å². The van der Waals surface area contributed by atoms with Crippen molar-refractivity contribution in [3.05, 3.63) is 23.8 Å². The number of carbonyl (C=O) groups is 1. The van der Waals surface area contributed by atoms with Crippen molar-refractivity contribution in [3.8, 4) is 11.5 Å². The van der Waals surface area contributed by atoms with E-state index < -0.39 is 5.79 Å². The normalized spacial score (nSPS) is 15.3. The quantitative estimate of drug-likeness (QED) is 0.525. The number of fused-ring (bicyclic) bond motifs is 1. The Kier molecular flexibility index (Phi) is 5.05. The highest BCUT2D eigenvalue weighted by Gasteiger charge is 2.31. The van der Waals surface area contributed by atoms with Gasteiger partial charge in [0.25, 0.3) is 0 Å². The number of ether oxygens (including phenoxy) is 2. The minimum absolute atomic E-state index is 0.542. The van der Waals surface area contributed by atoms with E-state index in [-0.39, 0.29) is 0 Å². The molecule has 0 radical (unpaired) electrons. The van der Waals surface area contributed by atoms with E-state index in [1.54, 1.807) is 0 Å². The molecule has 0 amide bonds. The summed E-state index contributed by atoms with van der Waals surface area (Å²) >= 11 is 0. The molecule has 0 N–H and O–H groups in total. The predicted molar refractivity (Wildman–Crippen MR) is 79.2 cm³/mol. The number of rotatable bonds is 8. The molecule has 0 saturated heterocycles. The molecule has 0 fully saturated rings. The Labute approximate surface area is 121 Å². The Balaban J connectivity index is 1.71. The van der Waals surface area contributed by atoms with Gasteiger partial charge in [-0.05, 0) is 37.0 Å². The minimum atomic E-state index is -0.542. The Bertz CT molecular complexity index is 452. The molecule has 1 aliphatic rings. The average Bonchev–Trinajstić information content (AvgIpc) is 2.71. The summed E-state index contributed by atoms with van der Waals surface area (Å²) in [4.78, 5) is 10.2. The molecular weight excluding hydrogens is 252 g/mol. The topological polar surface area (TPSA) is 35.5 Å². The van der Waals surface area contributed by atoms with Crippen molar-refractivity contribution in [2.75, 3.05) is 0 Å². The lowest BCUT2D eigenvalue weighted by Gasteiger charge is -2.16. The van der Waals surface area contributed by atoms with Crippen LogP contribution < -0.4 is 9.47 Å². The van der Waals surface area contributed by atoms with Gasteiger partial charge in [-0.3, -0.25) is 0 Å². The lowest BCUT2D eigenvalue weighted by atomic mass is 10.0. The Morgan fingerprint density at radius 2 is 1.70 bits per heavy atom. The zero-order valence-corrected chi connectivity index (χ0v) is 12.5. The number of aldehydes is 1. The summed E-state index contributed by atoms with van der Waals surface area (Å²) in [6, 6.07) is 6.22. The second-order valence-electron chi connectivity index (χ2n) is 5.86. The van der Waals surface area contributed by atoms with Gasteiger partial charge in [0.05, 0.1) is 0 Å². The Hall–Kier alpha value is -1.51. The maximum atomic E-state index is 10.2.